The van der Waals surface area contributed by atoms with E-state index in [-0.39, 0.29) is 36.7 Å². The van der Waals surface area contributed by atoms with Crippen molar-refractivity contribution >= 4 is 29.1 Å². The van der Waals surface area contributed by atoms with Gasteiger partial charge in [-0.2, -0.15) is 0 Å². The fourth-order valence-corrected chi connectivity index (χ4v) is 3.04. The molecule has 0 saturated carbocycles. The van der Waals surface area contributed by atoms with E-state index >= 15 is 0 Å². The summed E-state index contributed by atoms with van der Waals surface area (Å²) in [5.74, 6) is -0.364. The predicted octanol–water partition coefficient (Wildman–Crippen LogP) is 2.36. The molecule has 0 radical (unpaired) electrons. The van der Waals surface area contributed by atoms with Crippen molar-refractivity contribution in [2.24, 2.45) is 5.92 Å². The van der Waals surface area contributed by atoms with E-state index in [1.165, 1.54) is 0 Å². The van der Waals surface area contributed by atoms with Gasteiger partial charge in [-0.15, -0.1) is 6.58 Å². The van der Waals surface area contributed by atoms with Gasteiger partial charge < -0.3 is 20.3 Å². The van der Waals surface area contributed by atoms with Gasteiger partial charge in [0, 0.05) is 30.9 Å². The number of para-hydroxylation sites is 1. The maximum Gasteiger partial charge on any atom is 0.262 e. The minimum absolute atomic E-state index is 0.0975. The minimum Gasteiger partial charge on any atom is -0.484 e. The molecule has 0 spiro atoms. The lowest BCUT2D eigenvalue weighted by atomic mass is 10.1. The summed E-state index contributed by atoms with van der Waals surface area (Å²) in [5, 5.41) is 5.47. The summed E-state index contributed by atoms with van der Waals surface area (Å²) in [4.78, 5) is 37.9. The Morgan fingerprint density at radius 1 is 1.14 bits per heavy atom. The lowest BCUT2D eigenvalue weighted by Gasteiger charge is -2.17. The van der Waals surface area contributed by atoms with Gasteiger partial charge in [0.1, 0.15) is 5.75 Å². The molecule has 0 aromatic heterocycles. The van der Waals surface area contributed by atoms with Crippen molar-refractivity contribution in [3.8, 4) is 5.75 Å². The minimum atomic E-state index is -0.375. The van der Waals surface area contributed by atoms with Crippen molar-refractivity contribution in [1.29, 1.82) is 0 Å². The van der Waals surface area contributed by atoms with Crippen LogP contribution in [0.4, 0.5) is 11.4 Å². The molecule has 1 aliphatic heterocycles. The number of carbonyl (C=O) groups excluding carboxylic acids is 3. The van der Waals surface area contributed by atoms with Crippen LogP contribution in [-0.4, -0.2) is 37.4 Å². The number of nitrogens with one attached hydrogen (secondary N) is 2. The molecule has 2 aromatic carbocycles. The zero-order chi connectivity index (χ0) is 20.6. The third-order valence-corrected chi connectivity index (χ3v) is 4.49. The van der Waals surface area contributed by atoms with Crippen molar-refractivity contribution in [2.45, 2.75) is 6.42 Å². The molecule has 0 bridgehead atoms. The highest BCUT2D eigenvalue weighted by Gasteiger charge is 2.34. The van der Waals surface area contributed by atoms with Gasteiger partial charge in [0.05, 0.1) is 5.92 Å². The maximum atomic E-state index is 12.3. The highest BCUT2D eigenvalue weighted by Crippen LogP contribution is 2.27. The van der Waals surface area contributed by atoms with E-state index in [1.807, 2.05) is 18.2 Å². The van der Waals surface area contributed by atoms with Crippen LogP contribution in [0.25, 0.3) is 0 Å². The Bertz CT molecular complexity index is 881. The van der Waals surface area contributed by atoms with Crippen LogP contribution in [0, 0.1) is 5.92 Å². The molecule has 7 nitrogen and oxygen atoms in total. The molecule has 1 aliphatic rings. The van der Waals surface area contributed by atoms with Crippen molar-refractivity contribution < 1.29 is 19.1 Å². The highest BCUT2D eigenvalue weighted by molar-refractivity contribution is 6.00. The SMILES string of the molecule is C=CCNC(=O)[C@H]1CC(=O)N(c2ccc(OCC(=O)Nc3ccccc3)cc2)C1. The molecule has 7 heteroatoms. The van der Waals surface area contributed by atoms with Gasteiger partial charge in [-0.05, 0) is 36.4 Å². The van der Waals surface area contributed by atoms with Crippen LogP contribution in [0.1, 0.15) is 6.42 Å². The number of anilines is 2. The predicted molar refractivity (Wildman–Crippen MR) is 111 cm³/mol. The number of hydrogen-bond donors (Lipinski definition) is 2. The van der Waals surface area contributed by atoms with E-state index in [2.05, 4.69) is 17.2 Å². The first-order chi connectivity index (χ1) is 14.1. The summed E-state index contributed by atoms with van der Waals surface area (Å²) in [7, 11) is 0. The lowest BCUT2D eigenvalue weighted by Crippen LogP contribution is -2.32. The Labute approximate surface area is 169 Å². The fourth-order valence-electron chi connectivity index (χ4n) is 3.04. The highest BCUT2D eigenvalue weighted by atomic mass is 16.5. The maximum absolute atomic E-state index is 12.3. The van der Waals surface area contributed by atoms with E-state index in [0.717, 1.165) is 0 Å². The summed E-state index contributed by atoms with van der Waals surface area (Å²) >= 11 is 0. The van der Waals surface area contributed by atoms with Crippen LogP contribution in [0.2, 0.25) is 0 Å². The van der Waals surface area contributed by atoms with Crippen LogP contribution >= 0.6 is 0 Å². The molecule has 1 saturated heterocycles. The monoisotopic (exact) mass is 393 g/mol. The molecule has 0 aliphatic carbocycles. The number of rotatable bonds is 8. The van der Waals surface area contributed by atoms with Gasteiger partial charge in [-0.3, -0.25) is 14.4 Å². The van der Waals surface area contributed by atoms with E-state index in [9.17, 15) is 14.4 Å². The van der Waals surface area contributed by atoms with Crippen LogP contribution < -0.4 is 20.3 Å². The van der Waals surface area contributed by atoms with Crippen LogP contribution in [-0.2, 0) is 14.4 Å². The van der Waals surface area contributed by atoms with Crippen LogP contribution in [0.5, 0.6) is 5.75 Å². The molecule has 1 atom stereocenters. The Morgan fingerprint density at radius 3 is 2.55 bits per heavy atom. The van der Waals surface area contributed by atoms with E-state index in [4.69, 9.17) is 4.74 Å². The number of ether oxygens (including phenoxy) is 1. The topological polar surface area (TPSA) is 87.7 Å². The average molecular weight is 393 g/mol. The Kier molecular flexibility index (Phi) is 6.63. The Hall–Kier alpha value is -3.61. The summed E-state index contributed by atoms with van der Waals surface area (Å²) in [6.45, 7) is 4.16. The first kappa shape index (κ1) is 20.1. The van der Waals surface area contributed by atoms with Gasteiger partial charge in [0.15, 0.2) is 6.61 Å². The Balaban J connectivity index is 1.52. The number of amides is 3. The fraction of sp³-hybridized carbons (Fsp3) is 0.227. The first-order valence-corrected chi connectivity index (χ1v) is 9.33. The van der Waals surface area contributed by atoms with E-state index < -0.39 is 0 Å². The number of carbonyl (C=O) groups is 3. The molecule has 150 valence electrons. The number of benzene rings is 2. The van der Waals surface area contributed by atoms with Crippen LogP contribution in [0.15, 0.2) is 67.3 Å². The smallest absolute Gasteiger partial charge is 0.262 e. The van der Waals surface area contributed by atoms with Gasteiger partial charge >= 0.3 is 0 Å². The van der Waals surface area contributed by atoms with Crippen molar-refractivity contribution in [3.05, 3.63) is 67.3 Å². The summed E-state index contributed by atoms with van der Waals surface area (Å²) in [6, 6.07) is 16.0. The third-order valence-electron chi connectivity index (χ3n) is 4.49. The van der Waals surface area contributed by atoms with Crippen molar-refractivity contribution in [2.75, 3.05) is 29.9 Å². The Morgan fingerprint density at radius 2 is 1.86 bits per heavy atom. The van der Waals surface area contributed by atoms with Gasteiger partial charge in [-0.1, -0.05) is 24.3 Å². The normalized spacial score (nSPS) is 15.7. The van der Waals surface area contributed by atoms with Crippen LogP contribution in [0.3, 0.4) is 0 Å². The molecular weight excluding hydrogens is 370 g/mol. The summed E-state index contributed by atoms with van der Waals surface area (Å²) in [6.07, 6.45) is 1.78. The van der Waals surface area contributed by atoms with E-state index in [0.29, 0.717) is 30.2 Å². The van der Waals surface area contributed by atoms with E-state index in [1.54, 1.807) is 47.4 Å². The zero-order valence-corrected chi connectivity index (χ0v) is 16.0. The molecule has 2 aromatic rings. The third kappa shape index (κ3) is 5.44. The number of nitrogens with zero attached hydrogens (tertiary/aromatic N) is 1. The molecule has 1 fully saturated rings. The second kappa shape index (κ2) is 9.54. The molecule has 3 rings (SSSR count). The first-order valence-electron chi connectivity index (χ1n) is 9.33. The molecule has 2 N–H and O–H groups in total. The molecule has 29 heavy (non-hydrogen) atoms. The average Bonchev–Trinajstić information content (AvgIpc) is 3.13. The van der Waals surface area contributed by atoms with Crippen molar-refractivity contribution in [1.82, 2.24) is 5.32 Å². The van der Waals surface area contributed by atoms with Crippen molar-refractivity contribution in [3.63, 3.8) is 0 Å². The van der Waals surface area contributed by atoms with Gasteiger partial charge in [-0.25, -0.2) is 0 Å². The van der Waals surface area contributed by atoms with Gasteiger partial charge in [0.25, 0.3) is 5.91 Å². The van der Waals surface area contributed by atoms with Gasteiger partial charge in [0.2, 0.25) is 11.8 Å². The quantitative estimate of drug-likeness (QED) is 0.674. The second-order valence-electron chi connectivity index (χ2n) is 6.64. The molecule has 0 unspecified atom stereocenters. The largest absolute Gasteiger partial charge is 0.484 e. The molecule has 1 heterocycles. The molecule has 3 amide bonds. The molecular formula is C22H23N3O4. The summed E-state index contributed by atoms with van der Waals surface area (Å²) < 4.78 is 5.50. The lowest BCUT2D eigenvalue weighted by molar-refractivity contribution is -0.126. The summed E-state index contributed by atoms with van der Waals surface area (Å²) in [5.41, 5.74) is 1.39. The standard InChI is InChI=1S/C22H23N3O4/c1-2-12-23-22(28)16-13-21(27)25(14-16)18-8-10-19(11-9-18)29-15-20(26)24-17-6-4-3-5-7-17/h2-11,16H,1,12-15H2,(H,23,28)(H,24,26)/t16-/m0/s1. The number of hydrogen-bond acceptors (Lipinski definition) is 4. The zero-order valence-electron chi connectivity index (χ0n) is 16.0. The second-order valence-corrected chi connectivity index (χ2v) is 6.64.